The van der Waals surface area contributed by atoms with Crippen LogP contribution in [-0.4, -0.2) is 25.6 Å². The number of benzene rings is 1. The standard InChI is InChI=1S/C11H12F6N2O/c12-7-1-6(2-8(13)3-7)9(19-18)4-20-5-11(16,17)10(14)15/h1-3,9-10,19H,4-5,18H2. The SMILES string of the molecule is NNC(COCC(F)(F)C(F)F)c1cc(F)cc(F)c1. The molecule has 1 unspecified atom stereocenters. The molecule has 3 N–H and O–H groups in total. The predicted octanol–water partition coefficient (Wildman–Crippen LogP) is 2.39. The van der Waals surface area contributed by atoms with Gasteiger partial charge in [-0.15, -0.1) is 0 Å². The van der Waals surface area contributed by atoms with E-state index in [0.717, 1.165) is 12.1 Å². The second-order valence-electron chi connectivity index (χ2n) is 4.00. The van der Waals surface area contributed by atoms with Gasteiger partial charge in [-0.25, -0.2) is 17.6 Å². The van der Waals surface area contributed by atoms with Gasteiger partial charge < -0.3 is 4.74 Å². The van der Waals surface area contributed by atoms with Gasteiger partial charge in [0.1, 0.15) is 18.2 Å². The molecule has 0 amide bonds. The lowest BCUT2D eigenvalue weighted by atomic mass is 10.1. The average Bonchev–Trinajstić information content (AvgIpc) is 2.33. The zero-order valence-corrected chi connectivity index (χ0v) is 10.1. The van der Waals surface area contributed by atoms with Gasteiger partial charge in [0.2, 0.25) is 0 Å². The molecule has 1 aromatic carbocycles. The number of hydrogen-bond acceptors (Lipinski definition) is 3. The topological polar surface area (TPSA) is 47.3 Å². The highest BCUT2D eigenvalue weighted by Crippen LogP contribution is 2.24. The van der Waals surface area contributed by atoms with Crippen molar-refractivity contribution in [2.45, 2.75) is 18.4 Å². The third kappa shape index (κ3) is 4.66. The van der Waals surface area contributed by atoms with Crippen LogP contribution in [0.2, 0.25) is 0 Å². The van der Waals surface area contributed by atoms with Gasteiger partial charge in [0.15, 0.2) is 0 Å². The van der Waals surface area contributed by atoms with Gasteiger partial charge >= 0.3 is 12.3 Å². The van der Waals surface area contributed by atoms with Gasteiger partial charge in [0.25, 0.3) is 0 Å². The van der Waals surface area contributed by atoms with E-state index in [1.165, 1.54) is 0 Å². The van der Waals surface area contributed by atoms with Gasteiger partial charge in [0.05, 0.1) is 12.6 Å². The molecular weight excluding hydrogens is 290 g/mol. The summed E-state index contributed by atoms with van der Waals surface area (Å²) in [5.41, 5.74) is 2.10. The van der Waals surface area contributed by atoms with E-state index in [-0.39, 0.29) is 5.56 Å². The molecule has 0 spiro atoms. The van der Waals surface area contributed by atoms with Crippen molar-refractivity contribution >= 4 is 0 Å². The number of rotatable bonds is 7. The van der Waals surface area contributed by atoms with Gasteiger partial charge in [-0.05, 0) is 17.7 Å². The van der Waals surface area contributed by atoms with Gasteiger partial charge in [0, 0.05) is 6.07 Å². The van der Waals surface area contributed by atoms with Gasteiger partial charge in [-0.1, -0.05) is 0 Å². The Kier molecular flexibility index (Phi) is 5.78. The molecular formula is C11H12F6N2O. The first-order chi connectivity index (χ1) is 9.26. The highest BCUT2D eigenvalue weighted by Gasteiger charge is 2.41. The third-order valence-electron chi connectivity index (χ3n) is 2.39. The first-order valence-corrected chi connectivity index (χ1v) is 5.42. The fourth-order valence-electron chi connectivity index (χ4n) is 1.39. The van der Waals surface area contributed by atoms with Crippen molar-refractivity contribution < 1.29 is 31.1 Å². The number of ether oxygens (including phenoxy) is 1. The number of hydrazine groups is 1. The van der Waals surface area contributed by atoms with Crippen LogP contribution in [0, 0.1) is 11.6 Å². The van der Waals surface area contributed by atoms with Crippen LogP contribution in [0.4, 0.5) is 26.3 Å². The van der Waals surface area contributed by atoms with Crippen molar-refractivity contribution in [3.05, 3.63) is 35.4 Å². The van der Waals surface area contributed by atoms with E-state index in [9.17, 15) is 26.3 Å². The molecule has 20 heavy (non-hydrogen) atoms. The average molecular weight is 302 g/mol. The summed E-state index contributed by atoms with van der Waals surface area (Å²) in [7, 11) is 0. The van der Waals surface area contributed by atoms with Crippen LogP contribution in [-0.2, 0) is 4.74 Å². The zero-order chi connectivity index (χ0) is 15.3. The smallest absolute Gasteiger partial charge is 0.330 e. The van der Waals surface area contributed by atoms with E-state index < -0.39 is 43.2 Å². The van der Waals surface area contributed by atoms with Crippen molar-refractivity contribution in [2.24, 2.45) is 5.84 Å². The van der Waals surface area contributed by atoms with Crippen LogP contribution in [0.25, 0.3) is 0 Å². The van der Waals surface area contributed by atoms with Crippen LogP contribution < -0.4 is 11.3 Å². The summed E-state index contributed by atoms with van der Waals surface area (Å²) in [4.78, 5) is 0. The Labute approximate surface area is 110 Å². The van der Waals surface area contributed by atoms with Crippen molar-refractivity contribution in [3.8, 4) is 0 Å². The maximum absolute atomic E-state index is 13.0. The predicted molar refractivity (Wildman–Crippen MR) is 58.2 cm³/mol. The van der Waals surface area contributed by atoms with Crippen LogP contribution >= 0.6 is 0 Å². The first kappa shape index (κ1) is 16.7. The minimum Gasteiger partial charge on any atom is -0.373 e. The maximum Gasteiger partial charge on any atom is 0.330 e. The molecule has 0 aliphatic heterocycles. The lowest BCUT2D eigenvalue weighted by Gasteiger charge is -2.19. The van der Waals surface area contributed by atoms with Crippen LogP contribution in [0.5, 0.6) is 0 Å². The largest absolute Gasteiger partial charge is 0.373 e. The Hall–Kier alpha value is -1.32. The van der Waals surface area contributed by atoms with E-state index in [2.05, 4.69) is 10.2 Å². The van der Waals surface area contributed by atoms with Crippen molar-refractivity contribution in [2.75, 3.05) is 13.2 Å². The third-order valence-corrected chi connectivity index (χ3v) is 2.39. The fraction of sp³-hybridized carbons (Fsp3) is 0.455. The number of halogens is 6. The molecule has 0 aliphatic rings. The van der Waals surface area contributed by atoms with Crippen LogP contribution in [0.3, 0.4) is 0 Å². The molecule has 0 heterocycles. The zero-order valence-electron chi connectivity index (χ0n) is 10.1. The van der Waals surface area contributed by atoms with Crippen molar-refractivity contribution in [3.63, 3.8) is 0 Å². The van der Waals surface area contributed by atoms with Gasteiger partial charge in [-0.3, -0.25) is 11.3 Å². The first-order valence-electron chi connectivity index (χ1n) is 5.42. The van der Waals surface area contributed by atoms with Crippen LogP contribution in [0.15, 0.2) is 18.2 Å². The van der Waals surface area contributed by atoms with E-state index in [0.29, 0.717) is 6.07 Å². The Morgan fingerprint density at radius 1 is 1.15 bits per heavy atom. The molecule has 0 aromatic heterocycles. The normalized spacial score (nSPS) is 13.8. The molecule has 3 nitrogen and oxygen atoms in total. The fourth-order valence-corrected chi connectivity index (χ4v) is 1.39. The summed E-state index contributed by atoms with van der Waals surface area (Å²) in [6.45, 7) is -2.08. The molecule has 0 radical (unpaired) electrons. The van der Waals surface area contributed by atoms with Crippen molar-refractivity contribution in [1.29, 1.82) is 0 Å². The summed E-state index contributed by atoms with van der Waals surface area (Å²) >= 11 is 0. The minimum atomic E-state index is -4.30. The highest BCUT2D eigenvalue weighted by atomic mass is 19.3. The Bertz CT molecular complexity index is 423. The molecule has 0 fully saturated rings. The molecule has 114 valence electrons. The maximum atomic E-state index is 13.0. The van der Waals surface area contributed by atoms with Gasteiger partial charge in [-0.2, -0.15) is 8.78 Å². The number of alkyl halides is 4. The van der Waals surface area contributed by atoms with E-state index >= 15 is 0 Å². The number of hydrogen-bond donors (Lipinski definition) is 2. The minimum absolute atomic E-state index is 0.00497. The molecule has 1 atom stereocenters. The summed E-state index contributed by atoms with van der Waals surface area (Å²) in [6.07, 6.45) is -3.86. The number of nitrogens with two attached hydrogens (primary N) is 1. The van der Waals surface area contributed by atoms with E-state index in [1.54, 1.807) is 0 Å². The second kappa shape index (κ2) is 6.91. The molecule has 1 aromatic rings. The van der Waals surface area contributed by atoms with E-state index in [1.807, 2.05) is 0 Å². The quantitative estimate of drug-likeness (QED) is 0.462. The Balaban J connectivity index is 2.64. The lowest BCUT2D eigenvalue weighted by Crippen LogP contribution is -2.36. The molecule has 0 aliphatic carbocycles. The second-order valence-corrected chi connectivity index (χ2v) is 4.00. The molecule has 1 rings (SSSR count). The summed E-state index contributed by atoms with van der Waals surface area (Å²) in [5.74, 6) is -0.976. The molecule has 0 bridgehead atoms. The number of nitrogens with one attached hydrogen (secondary N) is 1. The van der Waals surface area contributed by atoms with Crippen molar-refractivity contribution in [1.82, 2.24) is 5.43 Å². The monoisotopic (exact) mass is 302 g/mol. The van der Waals surface area contributed by atoms with Crippen LogP contribution in [0.1, 0.15) is 11.6 Å². The van der Waals surface area contributed by atoms with E-state index in [4.69, 9.17) is 5.84 Å². The summed E-state index contributed by atoms with van der Waals surface area (Å²) in [6, 6.07) is 1.43. The molecule has 0 saturated carbocycles. The summed E-state index contributed by atoms with van der Waals surface area (Å²) in [5, 5.41) is 0. The summed E-state index contributed by atoms with van der Waals surface area (Å²) < 4.78 is 79.3. The Morgan fingerprint density at radius 2 is 1.70 bits per heavy atom. The lowest BCUT2D eigenvalue weighted by molar-refractivity contribution is -0.167. The molecule has 0 saturated heterocycles. The molecule has 9 heteroatoms. The Morgan fingerprint density at radius 3 is 2.15 bits per heavy atom. The highest BCUT2D eigenvalue weighted by molar-refractivity contribution is 5.21.